The molecule has 1 fully saturated rings. The first-order valence-corrected chi connectivity index (χ1v) is 9.93. The normalized spacial score (nSPS) is 18.2. The number of carbonyl (C=O) groups is 3. The molecule has 0 aromatic heterocycles. The van der Waals surface area contributed by atoms with Crippen molar-refractivity contribution >= 4 is 27.3 Å². The zero-order chi connectivity index (χ0) is 18.7. The number of Topliss-reactive ketones (excluding diaryl/α,β-unsaturated/α-hetero) is 2. The van der Waals surface area contributed by atoms with Crippen molar-refractivity contribution in [3.63, 3.8) is 0 Å². The lowest BCUT2D eigenvalue weighted by atomic mass is 10.0. The Kier molecular flexibility index (Phi) is 4.99. The van der Waals surface area contributed by atoms with E-state index < -0.39 is 33.4 Å². The first-order chi connectivity index (χ1) is 12.4. The molecular weight excluding hydrogens is 354 g/mol. The molecule has 0 bridgehead atoms. The Morgan fingerprint density at radius 1 is 0.808 bits per heavy atom. The third kappa shape index (κ3) is 4.05. The summed E-state index contributed by atoms with van der Waals surface area (Å²) < 4.78 is 22.9. The van der Waals surface area contributed by atoms with Gasteiger partial charge in [0.05, 0.1) is 11.5 Å². The summed E-state index contributed by atoms with van der Waals surface area (Å²) in [5.74, 6) is -1.64. The highest BCUT2D eigenvalue weighted by atomic mass is 32.2. The SMILES string of the molecule is O=C(N[C@H]1CCS(=O)(=O)C1)c1ccc(C(=O)C(=O)c2ccccc2)cc1. The van der Waals surface area contributed by atoms with Gasteiger partial charge in [0.15, 0.2) is 9.84 Å². The van der Waals surface area contributed by atoms with Crippen LogP contribution in [0.5, 0.6) is 0 Å². The summed E-state index contributed by atoms with van der Waals surface area (Å²) in [6.45, 7) is 0. The lowest BCUT2D eigenvalue weighted by Crippen LogP contribution is -2.35. The van der Waals surface area contributed by atoms with Gasteiger partial charge in [0.25, 0.3) is 5.91 Å². The van der Waals surface area contributed by atoms with Crippen molar-refractivity contribution in [2.45, 2.75) is 12.5 Å². The number of amides is 1. The Morgan fingerprint density at radius 2 is 1.35 bits per heavy atom. The molecule has 0 aliphatic carbocycles. The average Bonchev–Trinajstić information content (AvgIpc) is 2.99. The number of hydrogen-bond acceptors (Lipinski definition) is 5. The van der Waals surface area contributed by atoms with E-state index in [0.717, 1.165) is 0 Å². The van der Waals surface area contributed by atoms with Crippen LogP contribution in [0.4, 0.5) is 0 Å². The first-order valence-electron chi connectivity index (χ1n) is 8.11. The smallest absolute Gasteiger partial charge is 0.251 e. The highest BCUT2D eigenvalue weighted by Crippen LogP contribution is 2.13. The first kappa shape index (κ1) is 18.0. The van der Waals surface area contributed by atoms with E-state index >= 15 is 0 Å². The van der Waals surface area contributed by atoms with Crippen LogP contribution in [0.15, 0.2) is 54.6 Å². The van der Waals surface area contributed by atoms with E-state index in [9.17, 15) is 22.8 Å². The Labute approximate surface area is 151 Å². The predicted octanol–water partition coefficient (Wildman–Crippen LogP) is 1.67. The molecule has 26 heavy (non-hydrogen) atoms. The number of hydrogen-bond donors (Lipinski definition) is 1. The van der Waals surface area contributed by atoms with E-state index in [4.69, 9.17) is 0 Å². The Morgan fingerprint density at radius 3 is 1.88 bits per heavy atom. The van der Waals surface area contributed by atoms with Gasteiger partial charge in [0.1, 0.15) is 0 Å². The van der Waals surface area contributed by atoms with Crippen molar-refractivity contribution in [1.82, 2.24) is 5.32 Å². The molecule has 6 nitrogen and oxygen atoms in total. The van der Waals surface area contributed by atoms with Crippen LogP contribution in [-0.2, 0) is 9.84 Å². The minimum Gasteiger partial charge on any atom is -0.348 e. The highest BCUT2D eigenvalue weighted by Gasteiger charge is 2.29. The quantitative estimate of drug-likeness (QED) is 0.637. The number of rotatable bonds is 5. The summed E-state index contributed by atoms with van der Waals surface area (Å²) in [5, 5.41) is 2.68. The maximum atomic E-state index is 12.3. The predicted molar refractivity (Wildman–Crippen MR) is 96.1 cm³/mol. The van der Waals surface area contributed by atoms with Gasteiger partial charge < -0.3 is 5.32 Å². The van der Waals surface area contributed by atoms with Crippen LogP contribution in [0.1, 0.15) is 37.5 Å². The largest absolute Gasteiger partial charge is 0.348 e. The summed E-state index contributed by atoms with van der Waals surface area (Å²) >= 11 is 0. The zero-order valence-corrected chi connectivity index (χ0v) is 14.7. The van der Waals surface area contributed by atoms with E-state index in [1.807, 2.05) is 0 Å². The minimum absolute atomic E-state index is 0.0547. The van der Waals surface area contributed by atoms with Crippen molar-refractivity contribution < 1.29 is 22.8 Å². The topological polar surface area (TPSA) is 97.4 Å². The Balaban J connectivity index is 1.67. The van der Waals surface area contributed by atoms with Crippen LogP contribution >= 0.6 is 0 Å². The third-order valence-corrected chi connectivity index (χ3v) is 5.99. The maximum Gasteiger partial charge on any atom is 0.251 e. The second-order valence-electron chi connectivity index (χ2n) is 6.18. The molecule has 1 heterocycles. The van der Waals surface area contributed by atoms with Gasteiger partial charge in [-0.25, -0.2) is 8.42 Å². The number of nitrogens with one attached hydrogen (secondary N) is 1. The molecule has 3 rings (SSSR count). The fourth-order valence-corrected chi connectivity index (χ4v) is 4.48. The van der Waals surface area contributed by atoms with Crippen molar-refractivity contribution in [2.24, 2.45) is 0 Å². The monoisotopic (exact) mass is 371 g/mol. The average molecular weight is 371 g/mol. The molecule has 134 valence electrons. The van der Waals surface area contributed by atoms with Crippen LogP contribution in [0.25, 0.3) is 0 Å². The van der Waals surface area contributed by atoms with Crippen LogP contribution in [0.3, 0.4) is 0 Å². The van der Waals surface area contributed by atoms with Crippen molar-refractivity contribution in [3.8, 4) is 0 Å². The van der Waals surface area contributed by atoms with Gasteiger partial charge in [-0.3, -0.25) is 14.4 Å². The molecule has 0 radical (unpaired) electrons. The fraction of sp³-hybridized carbons (Fsp3) is 0.211. The van der Waals surface area contributed by atoms with Crippen LogP contribution in [0.2, 0.25) is 0 Å². The van der Waals surface area contributed by atoms with Crippen LogP contribution in [-0.4, -0.2) is 43.4 Å². The lowest BCUT2D eigenvalue weighted by Gasteiger charge is -2.11. The summed E-state index contributed by atoms with van der Waals surface area (Å²) in [6.07, 6.45) is 0.399. The van der Waals surface area contributed by atoms with Crippen molar-refractivity contribution in [1.29, 1.82) is 0 Å². The molecule has 2 aromatic rings. The second kappa shape index (κ2) is 7.21. The Bertz CT molecular complexity index is 949. The molecule has 2 aromatic carbocycles. The van der Waals surface area contributed by atoms with E-state index in [1.54, 1.807) is 30.3 Å². The van der Waals surface area contributed by atoms with E-state index in [2.05, 4.69) is 5.32 Å². The summed E-state index contributed by atoms with van der Waals surface area (Å²) in [5.41, 5.74) is 0.804. The molecule has 0 saturated carbocycles. The zero-order valence-electron chi connectivity index (χ0n) is 13.8. The fourth-order valence-electron chi connectivity index (χ4n) is 2.80. The van der Waals surface area contributed by atoms with Gasteiger partial charge in [0, 0.05) is 22.7 Å². The third-order valence-electron chi connectivity index (χ3n) is 4.22. The number of benzene rings is 2. The number of carbonyl (C=O) groups excluding carboxylic acids is 3. The van der Waals surface area contributed by atoms with E-state index in [-0.39, 0.29) is 17.1 Å². The number of sulfone groups is 1. The van der Waals surface area contributed by atoms with E-state index in [1.165, 1.54) is 24.3 Å². The minimum atomic E-state index is -3.07. The number of ketones is 2. The van der Waals surface area contributed by atoms with Gasteiger partial charge in [-0.2, -0.15) is 0 Å². The summed E-state index contributed by atoms with van der Waals surface area (Å²) in [4.78, 5) is 36.6. The molecule has 1 saturated heterocycles. The molecule has 1 amide bonds. The van der Waals surface area contributed by atoms with Crippen LogP contribution < -0.4 is 5.32 Å². The van der Waals surface area contributed by atoms with E-state index in [0.29, 0.717) is 17.5 Å². The molecule has 1 N–H and O–H groups in total. The maximum absolute atomic E-state index is 12.3. The van der Waals surface area contributed by atoms with Crippen molar-refractivity contribution in [2.75, 3.05) is 11.5 Å². The van der Waals surface area contributed by atoms with Gasteiger partial charge >= 0.3 is 0 Å². The molecular formula is C19H17NO5S. The summed E-state index contributed by atoms with van der Waals surface area (Å²) in [7, 11) is -3.07. The standard InChI is InChI=1S/C19H17NO5S/c21-17(13-4-2-1-3-5-13)18(22)14-6-8-15(9-7-14)19(23)20-16-10-11-26(24,25)12-16/h1-9,16H,10-12H2,(H,20,23)/t16-/m0/s1. The van der Waals surface area contributed by atoms with Gasteiger partial charge in [-0.05, 0) is 18.6 Å². The van der Waals surface area contributed by atoms with Crippen LogP contribution in [0, 0.1) is 0 Å². The molecule has 1 aliphatic rings. The molecule has 0 spiro atoms. The van der Waals surface area contributed by atoms with Gasteiger partial charge in [-0.15, -0.1) is 0 Å². The van der Waals surface area contributed by atoms with Crippen molar-refractivity contribution in [3.05, 3.63) is 71.3 Å². The lowest BCUT2D eigenvalue weighted by molar-refractivity contribution is 0.0817. The molecule has 7 heteroatoms. The second-order valence-corrected chi connectivity index (χ2v) is 8.40. The molecule has 0 unspecified atom stereocenters. The molecule has 1 atom stereocenters. The summed E-state index contributed by atoms with van der Waals surface area (Å²) in [6, 6.07) is 13.6. The van der Waals surface area contributed by atoms with Gasteiger partial charge in [0.2, 0.25) is 11.6 Å². The highest BCUT2D eigenvalue weighted by molar-refractivity contribution is 7.91. The Hall–Kier alpha value is -2.80. The van der Waals surface area contributed by atoms with Gasteiger partial charge in [-0.1, -0.05) is 42.5 Å². The molecule has 1 aliphatic heterocycles.